The Morgan fingerprint density at radius 1 is 0.649 bits per heavy atom. The van der Waals surface area contributed by atoms with Crippen LogP contribution in [0.15, 0.2) is 36.4 Å². The summed E-state index contributed by atoms with van der Waals surface area (Å²) in [7, 11) is 0. The van der Waals surface area contributed by atoms with Crippen LogP contribution in [0.3, 0.4) is 0 Å². The number of rotatable bonds is 12. The van der Waals surface area contributed by atoms with Crippen molar-refractivity contribution in [2.75, 3.05) is 13.2 Å². The molecule has 2 aromatic carbocycles. The largest absolute Gasteiger partial charge is 0.494 e. The predicted octanol–water partition coefficient (Wildman–Crippen LogP) is 2.57. The molecule has 0 saturated heterocycles. The van der Waals surface area contributed by atoms with Gasteiger partial charge in [0.25, 0.3) is 0 Å². The number of carbonyl (C=O) groups excluding carboxylic acids is 2. The van der Waals surface area contributed by atoms with Crippen molar-refractivity contribution < 1.29 is 63.4 Å². The Morgan fingerprint density at radius 2 is 1.14 bits per heavy atom. The van der Waals surface area contributed by atoms with Gasteiger partial charge in [-0.3, -0.25) is 9.59 Å². The summed E-state index contributed by atoms with van der Waals surface area (Å²) in [6, 6.07) is 7.99. The Hall–Kier alpha value is -4.94. The van der Waals surface area contributed by atoms with E-state index >= 15 is 0 Å². The zero-order valence-corrected chi connectivity index (χ0v) is 19.2. The molecule has 0 aliphatic carbocycles. The molecule has 13 heteroatoms. The highest BCUT2D eigenvalue weighted by molar-refractivity contribution is 6.14. The van der Waals surface area contributed by atoms with Gasteiger partial charge in [-0.15, -0.1) is 0 Å². The minimum atomic E-state index is -1.37. The fourth-order valence-electron chi connectivity index (χ4n) is 2.96. The number of carboxylic acids is 4. The Morgan fingerprint density at radius 3 is 1.65 bits per heavy atom. The number of cyclic esters (lactones) is 2. The van der Waals surface area contributed by atoms with Crippen LogP contribution < -0.4 is 9.47 Å². The van der Waals surface area contributed by atoms with E-state index in [1.165, 1.54) is 18.2 Å². The summed E-state index contributed by atoms with van der Waals surface area (Å²) in [4.78, 5) is 64.7. The van der Waals surface area contributed by atoms with Crippen LogP contribution >= 0.6 is 0 Å². The Kier molecular flexibility index (Phi) is 10.1. The van der Waals surface area contributed by atoms with Crippen molar-refractivity contribution in [2.45, 2.75) is 25.7 Å². The lowest BCUT2D eigenvalue weighted by molar-refractivity contribution is -0.138. The minimum absolute atomic E-state index is 0.0193. The van der Waals surface area contributed by atoms with Crippen LogP contribution in [0, 0.1) is 0 Å². The second-order valence-electron chi connectivity index (χ2n) is 7.39. The number of carbonyl (C=O) groups is 6. The fourth-order valence-corrected chi connectivity index (χ4v) is 2.96. The van der Waals surface area contributed by atoms with E-state index < -0.39 is 35.8 Å². The van der Waals surface area contributed by atoms with Crippen molar-refractivity contribution in [3.05, 3.63) is 58.7 Å². The van der Waals surface area contributed by atoms with E-state index in [0.29, 0.717) is 12.2 Å². The topological polar surface area (TPSA) is 211 Å². The minimum Gasteiger partial charge on any atom is -0.494 e. The van der Waals surface area contributed by atoms with Crippen LogP contribution in [0.25, 0.3) is 0 Å². The smallest absolute Gasteiger partial charge is 0.347 e. The molecule has 0 bridgehead atoms. The summed E-state index contributed by atoms with van der Waals surface area (Å²) >= 11 is 0. The number of ether oxygens (including phenoxy) is 3. The van der Waals surface area contributed by atoms with Crippen LogP contribution in [0.5, 0.6) is 11.5 Å². The van der Waals surface area contributed by atoms with Crippen molar-refractivity contribution in [3.63, 3.8) is 0 Å². The van der Waals surface area contributed by atoms with E-state index in [2.05, 4.69) is 4.74 Å². The van der Waals surface area contributed by atoms with Crippen molar-refractivity contribution in [2.24, 2.45) is 0 Å². The van der Waals surface area contributed by atoms with Gasteiger partial charge >= 0.3 is 35.8 Å². The van der Waals surface area contributed by atoms with E-state index in [1.807, 2.05) is 0 Å². The standard InChI is InChI=1S/C12H12O7.C12H10O6/c13-10(14)2-1-5-19-7-3-4-8(11(15)16)9(6-7)12(17)18;13-10(14)2-1-5-17-7-3-4-8-9(6-7)12(16)18-11(8)15/h3-4,6H,1-2,5H2,(H,13,14)(H,15,16)(H,17,18);3-4,6H,1-2,5H2,(H,13,14). The van der Waals surface area contributed by atoms with E-state index in [0.717, 1.165) is 12.1 Å². The van der Waals surface area contributed by atoms with Crippen LogP contribution in [0.4, 0.5) is 0 Å². The average molecular weight is 518 g/mol. The third-order valence-electron chi connectivity index (χ3n) is 4.68. The molecule has 1 aliphatic rings. The monoisotopic (exact) mass is 518 g/mol. The summed E-state index contributed by atoms with van der Waals surface area (Å²) in [5.74, 6) is -5.29. The molecule has 0 aromatic heterocycles. The molecular weight excluding hydrogens is 496 g/mol. The first-order chi connectivity index (χ1) is 17.5. The number of fused-ring (bicyclic) bond motifs is 1. The SMILES string of the molecule is O=C(O)CCCOc1ccc(C(=O)O)c(C(=O)O)c1.O=C(O)CCCOc1ccc2c(c1)C(=O)OC2=O. The second-order valence-corrected chi connectivity index (χ2v) is 7.39. The first kappa shape index (κ1) is 28.3. The zero-order chi connectivity index (χ0) is 27.5. The van der Waals surface area contributed by atoms with Crippen LogP contribution in [-0.4, -0.2) is 69.5 Å². The summed E-state index contributed by atoms with van der Waals surface area (Å²) < 4.78 is 14.9. The van der Waals surface area contributed by atoms with Crippen molar-refractivity contribution in [1.82, 2.24) is 0 Å². The molecule has 0 radical (unpaired) electrons. The molecule has 1 heterocycles. The van der Waals surface area contributed by atoms with E-state index in [9.17, 15) is 28.8 Å². The summed E-state index contributed by atoms with van der Waals surface area (Å²) in [6.45, 7) is 0.339. The van der Waals surface area contributed by atoms with Gasteiger partial charge in [0.15, 0.2) is 0 Å². The van der Waals surface area contributed by atoms with E-state index in [1.54, 1.807) is 6.07 Å². The molecule has 0 fully saturated rings. The third kappa shape index (κ3) is 8.65. The maximum atomic E-state index is 11.3. The van der Waals surface area contributed by atoms with Gasteiger partial charge < -0.3 is 34.6 Å². The van der Waals surface area contributed by atoms with Gasteiger partial charge in [0.05, 0.1) is 35.5 Å². The number of aliphatic carboxylic acids is 2. The number of hydrogen-bond acceptors (Lipinski definition) is 9. The molecule has 0 amide bonds. The van der Waals surface area contributed by atoms with Gasteiger partial charge in [-0.25, -0.2) is 19.2 Å². The molecule has 0 unspecified atom stereocenters. The quantitative estimate of drug-likeness (QED) is 0.181. The molecule has 0 atom stereocenters. The predicted molar refractivity (Wildman–Crippen MR) is 121 cm³/mol. The Labute approximate surface area is 208 Å². The third-order valence-corrected chi connectivity index (χ3v) is 4.68. The van der Waals surface area contributed by atoms with Crippen LogP contribution in [-0.2, 0) is 14.3 Å². The highest BCUT2D eigenvalue weighted by atomic mass is 16.6. The molecule has 4 N–H and O–H groups in total. The maximum Gasteiger partial charge on any atom is 0.347 e. The number of carboxylic acid groups (broad SMARTS) is 4. The van der Waals surface area contributed by atoms with Crippen molar-refractivity contribution in [3.8, 4) is 11.5 Å². The molecule has 0 saturated carbocycles. The van der Waals surface area contributed by atoms with E-state index in [-0.39, 0.29) is 60.5 Å². The number of esters is 2. The van der Waals surface area contributed by atoms with Gasteiger partial charge in [0, 0.05) is 12.8 Å². The van der Waals surface area contributed by atoms with Crippen molar-refractivity contribution >= 4 is 35.8 Å². The first-order valence-electron chi connectivity index (χ1n) is 10.7. The average Bonchev–Trinajstić information content (AvgIpc) is 3.12. The Bertz CT molecular complexity index is 1220. The molecule has 2 aromatic rings. The fraction of sp³-hybridized carbons (Fsp3) is 0.250. The summed E-state index contributed by atoms with van der Waals surface area (Å²) in [6.07, 6.45) is 0.610. The zero-order valence-electron chi connectivity index (χ0n) is 19.2. The van der Waals surface area contributed by atoms with Gasteiger partial charge in [0.2, 0.25) is 0 Å². The van der Waals surface area contributed by atoms with Gasteiger partial charge in [0.1, 0.15) is 11.5 Å². The lowest BCUT2D eigenvalue weighted by atomic mass is 10.1. The second kappa shape index (κ2) is 13.2. The normalized spacial score (nSPS) is 11.5. The molecule has 1 aliphatic heterocycles. The highest BCUT2D eigenvalue weighted by Gasteiger charge is 2.29. The van der Waals surface area contributed by atoms with Crippen molar-refractivity contribution in [1.29, 1.82) is 0 Å². The summed E-state index contributed by atoms with van der Waals surface area (Å²) in [5.41, 5.74) is -0.303. The molecule has 13 nitrogen and oxygen atoms in total. The Balaban J connectivity index is 0.000000260. The number of aromatic carboxylic acids is 2. The number of benzene rings is 2. The molecule has 3 rings (SSSR count). The van der Waals surface area contributed by atoms with Gasteiger partial charge in [-0.05, 0) is 49.2 Å². The maximum absolute atomic E-state index is 11.3. The molecular formula is C24H22O13. The highest BCUT2D eigenvalue weighted by Crippen LogP contribution is 2.24. The number of hydrogen-bond donors (Lipinski definition) is 4. The van der Waals surface area contributed by atoms with Gasteiger partial charge in [-0.1, -0.05) is 0 Å². The molecule has 0 spiro atoms. The molecule has 37 heavy (non-hydrogen) atoms. The lowest BCUT2D eigenvalue weighted by Gasteiger charge is -2.07. The summed E-state index contributed by atoms with van der Waals surface area (Å²) in [5, 5.41) is 34.6. The first-order valence-corrected chi connectivity index (χ1v) is 10.7. The van der Waals surface area contributed by atoms with Crippen LogP contribution in [0.2, 0.25) is 0 Å². The lowest BCUT2D eigenvalue weighted by Crippen LogP contribution is -2.09. The van der Waals surface area contributed by atoms with E-state index in [4.69, 9.17) is 29.9 Å². The molecule has 196 valence electrons. The van der Waals surface area contributed by atoms with Gasteiger partial charge in [-0.2, -0.15) is 0 Å². The van der Waals surface area contributed by atoms with Crippen LogP contribution in [0.1, 0.15) is 67.1 Å².